The zero-order chi connectivity index (χ0) is 10.1. The lowest BCUT2D eigenvalue weighted by Gasteiger charge is -2.10. The summed E-state index contributed by atoms with van der Waals surface area (Å²) < 4.78 is 14.7. The van der Waals surface area contributed by atoms with Crippen molar-refractivity contribution in [3.8, 4) is 0 Å². The molecule has 13 heavy (non-hydrogen) atoms. The van der Waals surface area contributed by atoms with Gasteiger partial charge >= 0.3 is 5.97 Å². The van der Waals surface area contributed by atoms with Gasteiger partial charge in [0.25, 0.3) is 0 Å². The summed E-state index contributed by atoms with van der Waals surface area (Å²) in [7, 11) is 1.33. The molecule has 0 bridgehead atoms. The first kappa shape index (κ1) is 12.7. The van der Waals surface area contributed by atoms with Crippen molar-refractivity contribution in [2.24, 2.45) is 0 Å². The molecule has 0 N–H and O–H groups in total. The van der Waals surface area contributed by atoms with E-state index in [2.05, 4.69) is 17.4 Å². The molecule has 0 fully saturated rings. The van der Waals surface area contributed by atoms with Crippen molar-refractivity contribution in [1.29, 1.82) is 0 Å². The first-order valence-corrected chi connectivity index (χ1v) is 4.73. The molecule has 4 nitrogen and oxygen atoms in total. The second-order valence-corrected chi connectivity index (χ2v) is 2.82. The van der Waals surface area contributed by atoms with Gasteiger partial charge in [0.05, 0.1) is 26.9 Å². The normalized spacial score (nSPS) is 12.5. The molecule has 0 aliphatic carbocycles. The van der Waals surface area contributed by atoms with Crippen LogP contribution in [-0.2, 0) is 19.0 Å². The minimum Gasteiger partial charge on any atom is -0.467 e. The Morgan fingerprint density at radius 2 is 2.08 bits per heavy atom. The summed E-state index contributed by atoms with van der Waals surface area (Å²) in [5, 5.41) is 0. The Bertz CT molecular complexity index is 140. The van der Waals surface area contributed by atoms with Crippen molar-refractivity contribution in [3.05, 3.63) is 0 Å². The third-order valence-electron chi connectivity index (χ3n) is 1.36. The van der Waals surface area contributed by atoms with Crippen molar-refractivity contribution >= 4 is 18.6 Å². The van der Waals surface area contributed by atoms with Crippen molar-refractivity contribution in [3.63, 3.8) is 0 Å². The Morgan fingerprint density at radius 3 is 2.62 bits per heavy atom. The second-order valence-electron chi connectivity index (χ2n) is 2.37. The highest BCUT2D eigenvalue weighted by Crippen LogP contribution is 1.93. The fourth-order valence-electron chi connectivity index (χ4n) is 0.684. The third kappa shape index (κ3) is 6.86. The first-order valence-electron chi connectivity index (χ1n) is 4.10. The summed E-state index contributed by atoms with van der Waals surface area (Å²) in [5.41, 5.74) is 0. The van der Waals surface area contributed by atoms with Crippen LogP contribution in [0.4, 0.5) is 0 Å². The van der Waals surface area contributed by atoms with E-state index in [9.17, 15) is 4.79 Å². The molecule has 0 aliphatic rings. The maximum Gasteiger partial charge on any atom is 0.334 e. The zero-order valence-corrected chi connectivity index (χ0v) is 8.88. The summed E-state index contributed by atoms with van der Waals surface area (Å²) in [5.74, 6) is 0.321. The smallest absolute Gasteiger partial charge is 0.334 e. The number of carbonyl (C=O) groups excluding carboxylic acids is 1. The van der Waals surface area contributed by atoms with E-state index < -0.39 is 6.10 Å². The van der Waals surface area contributed by atoms with Gasteiger partial charge in [0, 0.05) is 5.75 Å². The molecule has 5 heteroatoms. The Balaban J connectivity index is 3.26. The number of carbonyl (C=O) groups is 1. The van der Waals surface area contributed by atoms with Gasteiger partial charge < -0.3 is 14.2 Å². The van der Waals surface area contributed by atoms with Crippen LogP contribution in [0.3, 0.4) is 0 Å². The zero-order valence-electron chi connectivity index (χ0n) is 7.99. The van der Waals surface area contributed by atoms with E-state index in [1.165, 1.54) is 7.11 Å². The molecule has 1 atom stereocenters. The fourth-order valence-corrected chi connectivity index (χ4v) is 0.814. The molecule has 0 heterocycles. The molecule has 0 spiro atoms. The molecule has 0 saturated heterocycles. The molecule has 0 saturated carbocycles. The number of thiol groups is 1. The lowest BCUT2D eigenvalue weighted by molar-refractivity contribution is -0.153. The van der Waals surface area contributed by atoms with Crippen LogP contribution < -0.4 is 0 Å². The molecule has 78 valence electrons. The molecule has 0 aliphatic heterocycles. The molecule has 0 aromatic carbocycles. The number of methoxy groups -OCH3 is 1. The Kier molecular flexibility index (Phi) is 8.18. The highest BCUT2D eigenvalue weighted by Gasteiger charge is 2.12. The summed E-state index contributed by atoms with van der Waals surface area (Å²) in [6.07, 6.45) is -0.524. The van der Waals surface area contributed by atoms with Gasteiger partial charge in [0.1, 0.15) is 0 Å². The Hall–Kier alpha value is -0.260. The Morgan fingerprint density at radius 1 is 1.38 bits per heavy atom. The summed E-state index contributed by atoms with van der Waals surface area (Å²) in [4.78, 5) is 10.8. The van der Waals surface area contributed by atoms with Crippen LogP contribution in [0.5, 0.6) is 0 Å². The van der Waals surface area contributed by atoms with Crippen molar-refractivity contribution < 1.29 is 19.0 Å². The minimum atomic E-state index is -0.524. The summed E-state index contributed by atoms with van der Waals surface area (Å²) >= 11 is 3.97. The monoisotopic (exact) mass is 208 g/mol. The van der Waals surface area contributed by atoms with Gasteiger partial charge in [-0.25, -0.2) is 4.79 Å². The predicted molar refractivity (Wildman–Crippen MR) is 52.1 cm³/mol. The minimum absolute atomic E-state index is 0.366. The number of ether oxygens (including phenoxy) is 3. The fraction of sp³-hybridized carbons (Fsp3) is 0.875. The molecule has 0 aromatic heterocycles. The van der Waals surface area contributed by atoms with Gasteiger partial charge in [-0.3, -0.25) is 0 Å². The molecule has 0 amide bonds. The second kappa shape index (κ2) is 8.34. The molecule has 0 radical (unpaired) electrons. The number of esters is 1. The highest BCUT2D eigenvalue weighted by molar-refractivity contribution is 7.80. The van der Waals surface area contributed by atoms with Crippen LogP contribution in [0.1, 0.15) is 6.92 Å². The van der Waals surface area contributed by atoms with Gasteiger partial charge in [-0.05, 0) is 6.92 Å². The van der Waals surface area contributed by atoms with Crippen molar-refractivity contribution in [2.75, 3.05) is 32.7 Å². The first-order chi connectivity index (χ1) is 6.22. The molecule has 0 aromatic rings. The van der Waals surface area contributed by atoms with Crippen LogP contribution in [0.25, 0.3) is 0 Å². The highest BCUT2D eigenvalue weighted by atomic mass is 32.1. The number of rotatable bonds is 7. The summed E-state index contributed by atoms with van der Waals surface area (Å²) in [6, 6.07) is 0. The SMILES string of the molecule is COC(=O)[C@H](C)OCCOCCS. The maximum atomic E-state index is 10.8. The lowest BCUT2D eigenvalue weighted by atomic mass is 10.4. The van der Waals surface area contributed by atoms with Gasteiger partial charge in [-0.15, -0.1) is 0 Å². The van der Waals surface area contributed by atoms with E-state index in [1.807, 2.05) is 0 Å². The number of hydrogen-bond acceptors (Lipinski definition) is 5. The molecule has 0 rings (SSSR count). The lowest BCUT2D eigenvalue weighted by Crippen LogP contribution is -2.23. The van der Waals surface area contributed by atoms with Crippen LogP contribution in [0.15, 0.2) is 0 Å². The van der Waals surface area contributed by atoms with Crippen LogP contribution in [0.2, 0.25) is 0 Å². The largest absolute Gasteiger partial charge is 0.467 e. The maximum absolute atomic E-state index is 10.8. The van der Waals surface area contributed by atoms with E-state index in [4.69, 9.17) is 9.47 Å². The molecular formula is C8H16O4S. The van der Waals surface area contributed by atoms with E-state index >= 15 is 0 Å². The van der Waals surface area contributed by atoms with E-state index in [1.54, 1.807) is 6.92 Å². The van der Waals surface area contributed by atoms with Crippen LogP contribution >= 0.6 is 12.6 Å². The number of hydrogen-bond donors (Lipinski definition) is 1. The van der Waals surface area contributed by atoms with E-state index in [-0.39, 0.29) is 5.97 Å². The quantitative estimate of drug-likeness (QED) is 0.376. The molecular weight excluding hydrogens is 192 g/mol. The third-order valence-corrected chi connectivity index (χ3v) is 1.55. The van der Waals surface area contributed by atoms with E-state index in [0.29, 0.717) is 25.6 Å². The topological polar surface area (TPSA) is 44.8 Å². The van der Waals surface area contributed by atoms with E-state index in [0.717, 1.165) is 0 Å². The van der Waals surface area contributed by atoms with Crippen LogP contribution in [0, 0.1) is 0 Å². The Labute approximate surface area is 84.0 Å². The van der Waals surface area contributed by atoms with Gasteiger partial charge in [0.2, 0.25) is 0 Å². The standard InChI is InChI=1S/C8H16O4S/c1-7(8(9)10-2)12-4-3-11-5-6-13/h7,13H,3-6H2,1-2H3/t7-/m0/s1. The summed E-state index contributed by atoms with van der Waals surface area (Å²) in [6.45, 7) is 3.11. The van der Waals surface area contributed by atoms with Gasteiger partial charge in [-0.1, -0.05) is 0 Å². The van der Waals surface area contributed by atoms with Crippen LogP contribution in [-0.4, -0.2) is 44.8 Å². The molecule has 0 unspecified atom stereocenters. The average molecular weight is 208 g/mol. The average Bonchev–Trinajstić information content (AvgIpc) is 2.16. The predicted octanol–water partition coefficient (Wildman–Crippen LogP) is 0.511. The van der Waals surface area contributed by atoms with Gasteiger partial charge in [-0.2, -0.15) is 12.6 Å². The van der Waals surface area contributed by atoms with Crippen molar-refractivity contribution in [1.82, 2.24) is 0 Å². The van der Waals surface area contributed by atoms with Crippen molar-refractivity contribution in [2.45, 2.75) is 13.0 Å². The van der Waals surface area contributed by atoms with Gasteiger partial charge in [0.15, 0.2) is 6.10 Å².